The van der Waals surface area contributed by atoms with E-state index >= 15 is 0 Å². The molecular formula is C14H17BrFN3. The molecule has 0 amide bonds. The second kappa shape index (κ2) is 6.82. The molecule has 1 aromatic carbocycles. The molecule has 0 spiro atoms. The Morgan fingerprint density at radius 2 is 2.21 bits per heavy atom. The SMILES string of the molecule is CCCNCc1ccn(Cc2cc(F)ccc2Br)n1. The summed E-state index contributed by atoms with van der Waals surface area (Å²) in [6, 6.07) is 6.67. The van der Waals surface area contributed by atoms with E-state index in [2.05, 4.69) is 33.3 Å². The number of halogens is 2. The van der Waals surface area contributed by atoms with E-state index in [9.17, 15) is 4.39 Å². The maximum Gasteiger partial charge on any atom is 0.123 e. The number of rotatable bonds is 6. The quantitative estimate of drug-likeness (QED) is 0.825. The van der Waals surface area contributed by atoms with Crippen LogP contribution in [0.5, 0.6) is 0 Å². The van der Waals surface area contributed by atoms with E-state index < -0.39 is 0 Å². The first-order chi connectivity index (χ1) is 9.19. The van der Waals surface area contributed by atoms with Crippen molar-refractivity contribution in [3.8, 4) is 0 Å². The lowest BCUT2D eigenvalue weighted by Gasteiger charge is -2.05. The van der Waals surface area contributed by atoms with Gasteiger partial charge in [0.25, 0.3) is 0 Å². The van der Waals surface area contributed by atoms with Crippen molar-refractivity contribution in [2.75, 3.05) is 6.54 Å². The highest BCUT2D eigenvalue weighted by atomic mass is 79.9. The van der Waals surface area contributed by atoms with Gasteiger partial charge < -0.3 is 5.32 Å². The normalized spacial score (nSPS) is 10.9. The Morgan fingerprint density at radius 1 is 1.37 bits per heavy atom. The molecule has 3 nitrogen and oxygen atoms in total. The molecule has 102 valence electrons. The van der Waals surface area contributed by atoms with Crippen LogP contribution in [0, 0.1) is 5.82 Å². The molecule has 1 heterocycles. The average molecular weight is 326 g/mol. The lowest BCUT2D eigenvalue weighted by atomic mass is 10.2. The molecule has 0 saturated carbocycles. The van der Waals surface area contributed by atoms with Crippen LogP contribution in [0.25, 0.3) is 0 Å². The van der Waals surface area contributed by atoms with Crippen molar-refractivity contribution in [1.29, 1.82) is 0 Å². The summed E-state index contributed by atoms with van der Waals surface area (Å²) in [5.74, 6) is -0.227. The summed E-state index contributed by atoms with van der Waals surface area (Å²) in [7, 11) is 0. The summed E-state index contributed by atoms with van der Waals surface area (Å²) in [6.07, 6.45) is 3.03. The molecular weight excluding hydrogens is 309 g/mol. The van der Waals surface area contributed by atoms with Crippen molar-refractivity contribution in [3.63, 3.8) is 0 Å². The van der Waals surface area contributed by atoms with Crippen LogP contribution in [-0.2, 0) is 13.1 Å². The molecule has 2 aromatic rings. The Balaban J connectivity index is 2.01. The van der Waals surface area contributed by atoms with Gasteiger partial charge >= 0.3 is 0 Å². The smallest absolute Gasteiger partial charge is 0.123 e. The highest BCUT2D eigenvalue weighted by Gasteiger charge is 2.04. The Morgan fingerprint density at radius 3 is 3.00 bits per heavy atom. The highest BCUT2D eigenvalue weighted by molar-refractivity contribution is 9.10. The number of nitrogens with zero attached hydrogens (tertiary/aromatic N) is 2. The standard InChI is InChI=1S/C14H17BrFN3/c1-2-6-17-9-13-5-7-19(18-13)10-11-8-12(16)3-4-14(11)15/h3-5,7-8,17H,2,6,9-10H2,1H3. The third-order valence-corrected chi connectivity index (χ3v) is 3.54. The second-order valence-electron chi connectivity index (χ2n) is 4.42. The van der Waals surface area contributed by atoms with Crippen molar-refractivity contribution in [2.45, 2.75) is 26.4 Å². The van der Waals surface area contributed by atoms with Gasteiger partial charge in [-0.3, -0.25) is 4.68 Å². The Kier molecular flexibility index (Phi) is 5.10. The van der Waals surface area contributed by atoms with Crippen LogP contribution >= 0.6 is 15.9 Å². The summed E-state index contributed by atoms with van der Waals surface area (Å²) in [6.45, 7) is 4.45. The number of aromatic nitrogens is 2. The zero-order valence-corrected chi connectivity index (χ0v) is 12.5. The molecule has 0 bridgehead atoms. The van der Waals surface area contributed by atoms with E-state index in [1.165, 1.54) is 12.1 Å². The predicted molar refractivity (Wildman–Crippen MR) is 77.4 cm³/mol. The van der Waals surface area contributed by atoms with Gasteiger partial charge in [0.1, 0.15) is 5.82 Å². The third kappa shape index (κ3) is 4.14. The highest BCUT2D eigenvalue weighted by Crippen LogP contribution is 2.18. The van der Waals surface area contributed by atoms with Crippen LogP contribution < -0.4 is 5.32 Å². The lowest BCUT2D eigenvalue weighted by Crippen LogP contribution is -2.14. The van der Waals surface area contributed by atoms with Gasteiger partial charge in [0.15, 0.2) is 0 Å². The first-order valence-corrected chi connectivity index (χ1v) is 7.15. The molecule has 0 aliphatic heterocycles. The molecule has 1 aromatic heterocycles. The monoisotopic (exact) mass is 325 g/mol. The van der Waals surface area contributed by atoms with Crippen molar-refractivity contribution in [1.82, 2.24) is 15.1 Å². The number of hydrogen-bond donors (Lipinski definition) is 1. The van der Waals surface area contributed by atoms with Gasteiger partial charge in [-0.1, -0.05) is 22.9 Å². The van der Waals surface area contributed by atoms with E-state index in [-0.39, 0.29) is 5.82 Å². The van der Waals surface area contributed by atoms with Crippen LogP contribution in [0.3, 0.4) is 0 Å². The average Bonchev–Trinajstić information content (AvgIpc) is 2.82. The Labute approximate surface area is 121 Å². The molecule has 2 rings (SSSR count). The molecule has 0 atom stereocenters. The van der Waals surface area contributed by atoms with Crippen LogP contribution in [0.1, 0.15) is 24.6 Å². The van der Waals surface area contributed by atoms with Crippen LogP contribution in [0.2, 0.25) is 0 Å². The molecule has 0 aliphatic carbocycles. The van der Waals surface area contributed by atoms with Gasteiger partial charge in [-0.25, -0.2) is 4.39 Å². The van der Waals surface area contributed by atoms with E-state index in [0.717, 1.165) is 35.2 Å². The van der Waals surface area contributed by atoms with Gasteiger partial charge in [-0.15, -0.1) is 0 Å². The lowest BCUT2D eigenvalue weighted by molar-refractivity contribution is 0.611. The summed E-state index contributed by atoms with van der Waals surface area (Å²) in [5, 5.41) is 7.76. The van der Waals surface area contributed by atoms with Crippen molar-refractivity contribution >= 4 is 15.9 Å². The number of hydrogen-bond acceptors (Lipinski definition) is 2. The fourth-order valence-corrected chi connectivity index (χ4v) is 2.19. The van der Waals surface area contributed by atoms with E-state index in [0.29, 0.717) is 6.54 Å². The number of benzene rings is 1. The molecule has 5 heteroatoms. The predicted octanol–water partition coefficient (Wildman–Crippen LogP) is 3.33. The van der Waals surface area contributed by atoms with Gasteiger partial charge in [0, 0.05) is 17.2 Å². The fraction of sp³-hybridized carbons (Fsp3) is 0.357. The molecule has 0 unspecified atom stereocenters. The first-order valence-electron chi connectivity index (χ1n) is 6.36. The minimum absolute atomic E-state index is 0.227. The van der Waals surface area contributed by atoms with Crippen LogP contribution in [0.4, 0.5) is 4.39 Å². The minimum Gasteiger partial charge on any atom is -0.311 e. The second-order valence-corrected chi connectivity index (χ2v) is 5.27. The maximum atomic E-state index is 13.2. The summed E-state index contributed by atoms with van der Waals surface area (Å²) < 4.78 is 15.9. The zero-order chi connectivity index (χ0) is 13.7. The first kappa shape index (κ1) is 14.2. The Bertz CT molecular complexity index is 539. The fourth-order valence-electron chi connectivity index (χ4n) is 1.82. The minimum atomic E-state index is -0.227. The topological polar surface area (TPSA) is 29.9 Å². The van der Waals surface area contributed by atoms with Gasteiger partial charge in [0.05, 0.1) is 12.2 Å². The molecule has 1 N–H and O–H groups in total. The van der Waals surface area contributed by atoms with Gasteiger partial charge in [0.2, 0.25) is 0 Å². The van der Waals surface area contributed by atoms with E-state index in [1.54, 1.807) is 6.07 Å². The third-order valence-electron chi connectivity index (χ3n) is 2.77. The van der Waals surface area contributed by atoms with Gasteiger partial charge in [-0.2, -0.15) is 5.10 Å². The van der Waals surface area contributed by atoms with E-state index in [1.807, 2.05) is 16.9 Å². The number of nitrogens with one attached hydrogen (secondary N) is 1. The van der Waals surface area contributed by atoms with Crippen molar-refractivity contribution in [3.05, 3.63) is 52.0 Å². The molecule has 0 radical (unpaired) electrons. The summed E-state index contributed by atoms with van der Waals surface area (Å²) in [5.41, 5.74) is 1.89. The molecule has 19 heavy (non-hydrogen) atoms. The van der Waals surface area contributed by atoms with E-state index in [4.69, 9.17) is 0 Å². The molecule has 0 saturated heterocycles. The molecule has 0 aliphatic rings. The largest absolute Gasteiger partial charge is 0.311 e. The Hall–Kier alpha value is -1.20. The maximum absolute atomic E-state index is 13.2. The summed E-state index contributed by atoms with van der Waals surface area (Å²) >= 11 is 3.43. The molecule has 0 fully saturated rings. The van der Waals surface area contributed by atoms with Gasteiger partial charge in [-0.05, 0) is 42.8 Å². The van der Waals surface area contributed by atoms with Crippen molar-refractivity contribution in [2.24, 2.45) is 0 Å². The summed E-state index contributed by atoms with van der Waals surface area (Å²) in [4.78, 5) is 0. The zero-order valence-electron chi connectivity index (χ0n) is 10.9. The van der Waals surface area contributed by atoms with Crippen LogP contribution in [-0.4, -0.2) is 16.3 Å². The van der Waals surface area contributed by atoms with Crippen LogP contribution in [0.15, 0.2) is 34.9 Å². The van der Waals surface area contributed by atoms with Crippen molar-refractivity contribution < 1.29 is 4.39 Å².